The lowest BCUT2D eigenvalue weighted by Crippen LogP contribution is -2.40. The Morgan fingerprint density at radius 3 is 2.62 bits per heavy atom. The largest absolute Gasteiger partial charge is 0.368 e. The van der Waals surface area contributed by atoms with E-state index in [0.29, 0.717) is 18.5 Å². The van der Waals surface area contributed by atoms with E-state index in [9.17, 15) is 0 Å². The third kappa shape index (κ3) is 2.91. The number of aromatic nitrogens is 6. The number of ether oxygens (including phenoxy) is 1. The summed E-state index contributed by atoms with van der Waals surface area (Å²) in [6, 6.07) is 0.497. The van der Waals surface area contributed by atoms with E-state index in [1.807, 2.05) is 0 Å². The monoisotopic (exact) mass is 394 g/mol. The Hall–Kier alpha value is -2.81. The molecule has 9 nitrogen and oxygen atoms in total. The summed E-state index contributed by atoms with van der Waals surface area (Å²) in [5.41, 5.74) is 7.62. The maximum Gasteiger partial charge on any atom is 0.219 e. The number of nitrogen functional groups attached to an aromatic ring is 1. The van der Waals surface area contributed by atoms with Crippen LogP contribution in [0.15, 0.2) is 12.4 Å². The lowest BCUT2D eigenvalue weighted by Gasteiger charge is -2.37. The van der Waals surface area contributed by atoms with Crippen molar-refractivity contribution in [2.45, 2.75) is 58.2 Å². The van der Waals surface area contributed by atoms with Crippen molar-refractivity contribution in [1.29, 1.82) is 0 Å². The van der Waals surface area contributed by atoms with Gasteiger partial charge in [-0.25, -0.2) is 24.9 Å². The Morgan fingerprint density at radius 1 is 1.21 bits per heavy atom. The quantitative estimate of drug-likeness (QED) is 0.719. The van der Waals surface area contributed by atoms with Crippen molar-refractivity contribution in [3.63, 3.8) is 0 Å². The van der Waals surface area contributed by atoms with Gasteiger partial charge in [0.1, 0.15) is 11.4 Å². The van der Waals surface area contributed by atoms with Crippen molar-refractivity contribution in [2.24, 2.45) is 0 Å². The zero-order valence-corrected chi connectivity index (χ0v) is 17.1. The van der Waals surface area contributed by atoms with Gasteiger partial charge < -0.3 is 19.9 Å². The molecule has 0 radical (unpaired) electrons. The molecule has 1 aliphatic carbocycles. The molecule has 0 saturated heterocycles. The predicted octanol–water partition coefficient (Wildman–Crippen LogP) is 2.51. The van der Waals surface area contributed by atoms with Crippen molar-refractivity contribution in [1.82, 2.24) is 29.5 Å². The number of nitrogens with two attached hydrogens (primary N) is 1. The van der Waals surface area contributed by atoms with E-state index in [0.717, 1.165) is 41.5 Å². The van der Waals surface area contributed by atoms with Crippen LogP contribution >= 0.6 is 0 Å². The number of hydrogen-bond donors (Lipinski definition) is 1. The zero-order chi connectivity index (χ0) is 20.2. The van der Waals surface area contributed by atoms with E-state index < -0.39 is 5.60 Å². The standard InChI is InChI=1S/C20H26N8O/c1-4-27(13-6-5-7-13)16-14-17(28-8-9-29-20(2,3)18(28)24-14)26-15(25-16)12-10-22-19(21)23-11-12/h10-11,13H,4-9H2,1-3H3,(H2,21,22,23). The predicted molar refractivity (Wildman–Crippen MR) is 110 cm³/mol. The number of hydrogen-bond acceptors (Lipinski definition) is 8. The fraction of sp³-hybridized carbons (Fsp3) is 0.550. The highest BCUT2D eigenvalue weighted by Crippen LogP contribution is 2.37. The average Bonchev–Trinajstić information content (AvgIpc) is 3.05. The van der Waals surface area contributed by atoms with Gasteiger partial charge in [0.15, 0.2) is 22.8 Å². The molecule has 152 valence electrons. The van der Waals surface area contributed by atoms with Gasteiger partial charge in [-0.2, -0.15) is 0 Å². The first-order valence-electron chi connectivity index (χ1n) is 10.2. The van der Waals surface area contributed by atoms with Gasteiger partial charge in [-0.15, -0.1) is 0 Å². The van der Waals surface area contributed by atoms with Gasteiger partial charge in [-0.1, -0.05) is 0 Å². The van der Waals surface area contributed by atoms with E-state index in [1.54, 1.807) is 12.4 Å². The van der Waals surface area contributed by atoms with Gasteiger partial charge in [-0.3, -0.25) is 0 Å². The minimum absolute atomic E-state index is 0.236. The van der Waals surface area contributed by atoms with E-state index in [1.165, 1.54) is 19.3 Å². The minimum atomic E-state index is -0.464. The fourth-order valence-electron chi connectivity index (χ4n) is 4.18. The molecule has 29 heavy (non-hydrogen) atoms. The molecule has 0 unspecified atom stereocenters. The first-order chi connectivity index (χ1) is 14.0. The van der Waals surface area contributed by atoms with Crippen LogP contribution in [0.25, 0.3) is 22.6 Å². The van der Waals surface area contributed by atoms with Crippen molar-refractivity contribution in [3.8, 4) is 11.4 Å². The number of rotatable bonds is 4. The molecule has 0 atom stereocenters. The van der Waals surface area contributed by atoms with Crippen LogP contribution in [0.4, 0.5) is 11.8 Å². The summed E-state index contributed by atoms with van der Waals surface area (Å²) in [7, 11) is 0. The molecule has 1 saturated carbocycles. The maximum absolute atomic E-state index is 5.98. The van der Waals surface area contributed by atoms with Crippen molar-refractivity contribution < 1.29 is 4.74 Å². The second-order valence-electron chi connectivity index (χ2n) is 8.19. The van der Waals surface area contributed by atoms with E-state index >= 15 is 0 Å². The van der Waals surface area contributed by atoms with Crippen LogP contribution in [0.2, 0.25) is 0 Å². The summed E-state index contributed by atoms with van der Waals surface area (Å²) in [6.45, 7) is 8.49. The van der Waals surface area contributed by atoms with E-state index in [-0.39, 0.29) is 5.95 Å². The second kappa shape index (κ2) is 6.62. The molecule has 3 aromatic heterocycles. The van der Waals surface area contributed by atoms with Gasteiger partial charge in [0.05, 0.1) is 12.2 Å². The molecule has 5 rings (SSSR count). The highest BCUT2D eigenvalue weighted by molar-refractivity contribution is 5.86. The molecule has 9 heteroatoms. The van der Waals surface area contributed by atoms with Crippen LogP contribution in [-0.2, 0) is 16.9 Å². The molecular weight excluding hydrogens is 368 g/mol. The normalized spacial score (nSPS) is 18.4. The minimum Gasteiger partial charge on any atom is -0.368 e. The van der Waals surface area contributed by atoms with E-state index in [4.69, 9.17) is 25.4 Å². The number of imidazole rings is 1. The summed E-state index contributed by atoms with van der Waals surface area (Å²) < 4.78 is 8.14. The topological polar surface area (TPSA) is 108 Å². The van der Waals surface area contributed by atoms with Crippen molar-refractivity contribution in [3.05, 3.63) is 18.2 Å². The zero-order valence-electron chi connectivity index (χ0n) is 17.1. The Labute approximate surface area is 169 Å². The van der Waals surface area contributed by atoms with E-state index in [2.05, 4.69) is 40.2 Å². The lowest BCUT2D eigenvalue weighted by atomic mass is 9.91. The number of anilines is 2. The van der Waals surface area contributed by atoms with Crippen molar-refractivity contribution >= 4 is 22.9 Å². The van der Waals surface area contributed by atoms with Crippen LogP contribution in [0.3, 0.4) is 0 Å². The maximum atomic E-state index is 5.98. The molecule has 1 fully saturated rings. The van der Waals surface area contributed by atoms with Gasteiger partial charge >= 0.3 is 0 Å². The smallest absolute Gasteiger partial charge is 0.219 e. The SMILES string of the molecule is CCN(c1nc(-c2cnc(N)nc2)nc2c1nc1n2CCOC1(C)C)C1CCC1. The van der Waals surface area contributed by atoms with Crippen molar-refractivity contribution in [2.75, 3.05) is 23.8 Å². The third-order valence-electron chi connectivity index (χ3n) is 5.95. The van der Waals surface area contributed by atoms with Crippen LogP contribution in [-0.4, -0.2) is 48.7 Å². The van der Waals surface area contributed by atoms with Gasteiger partial charge in [0.25, 0.3) is 0 Å². The first-order valence-corrected chi connectivity index (χ1v) is 10.2. The number of fused-ring (bicyclic) bond motifs is 3. The number of nitrogens with zero attached hydrogens (tertiary/aromatic N) is 7. The van der Waals surface area contributed by atoms with Crippen LogP contribution in [0.1, 0.15) is 45.9 Å². The highest BCUT2D eigenvalue weighted by Gasteiger charge is 2.35. The lowest BCUT2D eigenvalue weighted by molar-refractivity contribution is -0.0530. The molecule has 0 spiro atoms. The Kier molecular flexibility index (Phi) is 4.16. The Bertz CT molecular complexity index is 1050. The molecule has 0 aromatic carbocycles. The summed E-state index contributed by atoms with van der Waals surface area (Å²) in [4.78, 5) is 25.4. The van der Waals surface area contributed by atoms with Crippen LogP contribution in [0, 0.1) is 0 Å². The summed E-state index contributed by atoms with van der Waals surface area (Å²) in [6.07, 6.45) is 6.97. The molecule has 1 aliphatic heterocycles. The van der Waals surface area contributed by atoms with Crippen LogP contribution < -0.4 is 10.6 Å². The van der Waals surface area contributed by atoms with Gasteiger partial charge in [-0.05, 0) is 40.0 Å². The Morgan fingerprint density at radius 2 is 1.97 bits per heavy atom. The molecule has 0 bridgehead atoms. The summed E-state index contributed by atoms with van der Waals surface area (Å²) in [5, 5.41) is 0. The summed E-state index contributed by atoms with van der Waals surface area (Å²) >= 11 is 0. The Balaban J connectivity index is 1.76. The van der Waals surface area contributed by atoms with Gasteiger partial charge in [0.2, 0.25) is 5.95 Å². The molecule has 2 aliphatic rings. The van der Waals surface area contributed by atoms with Gasteiger partial charge in [0, 0.05) is 31.5 Å². The van der Waals surface area contributed by atoms with Crippen LogP contribution in [0.5, 0.6) is 0 Å². The highest BCUT2D eigenvalue weighted by atomic mass is 16.5. The molecular formula is C20H26N8O. The average molecular weight is 394 g/mol. The third-order valence-corrected chi connectivity index (χ3v) is 5.95. The summed E-state index contributed by atoms with van der Waals surface area (Å²) in [5.74, 6) is 2.61. The molecule has 3 aromatic rings. The molecule has 2 N–H and O–H groups in total. The first kappa shape index (κ1) is 18.2. The fourth-order valence-corrected chi connectivity index (χ4v) is 4.18. The molecule has 0 amide bonds. The second-order valence-corrected chi connectivity index (χ2v) is 8.19. The molecule has 4 heterocycles.